The topological polar surface area (TPSA) is 95.6 Å². The van der Waals surface area contributed by atoms with Crippen molar-refractivity contribution in [1.29, 1.82) is 0 Å². The van der Waals surface area contributed by atoms with Gasteiger partial charge in [-0.25, -0.2) is 8.42 Å². The lowest BCUT2D eigenvalue weighted by molar-refractivity contribution is -0.124. The zero-order chi connectivity index (χ0) is 21.3. The van der Waals surface area contributed by atoms with E-state index in [0.717, 1.165) is 16.7 Å². The zero-order valence-electron chi connectivity index (χ0n) is 16.8. The van der Waals surface area contributed by atoms with E-state index in [1.807, 2.05) is 31.2 Å². The maximum absolute atomic E-state index is 13.3. The molecular weight excluding hydrogens is 402 g/mol. The van der Waals surface area contributed by atoms with E-state index >= 15 is 0 Å². The Morgan fingerprint density at radius 1 is 1.17 bits per heavy atom. The molecule has 0 spiro atoms. The maximum atomic E-state index is 13.3. The quantitative estimate of drug-likeness (QED) is 0.766. The van der Waals surface area contributed by atoms with Crippen molar-refractivity contribution >= 4 is 27.5 Å². The Morgan fingerprint density at radius 3 is 2.70 bits per heavy atom. The molecule has 0 bridgehead atoms. The van der Waals surface area contributed by atoms with Gasteiger partial charge in [0.1, 0.15) is 6.04 Å². The number of carbonyl (C=O) groups excluding carboxylic acids is 2. The SMILES string of the molecule is Cc1ccc(CNC(=O)C2CCCN2S(=O)(=O)c2ccc3c(c2)CCC(=O)N3)cc1. The zero-order valence-corrected chi connectivity index (χ0v) is 17.7. The summed E-state index contributed by atoms with van der Waals surface area (Å²) >= 11 is 0. The van der Waals surface area contributed by atoms with E-state index in [9.17, 15) is 18.0 Å². The molecule has 7 nitrogen and oxygen atoms in total. The van der Waals surface area contributed by atoms with Gasteiger partial charge in [0.2, 0.25) is 21.8 Å². The van der Waals surface area contributed by atoms with E-state index in [1.165, 1.54) is 10.4 Å². The van der Waals surface area contributed by atoms with E-state index in [2.05, 4.69) is 10.6 Å². The number of carbonyl (C=O) groups is 2. The summed E-state index contributed by atoms with van der Waals surface area (Å²) in [5.74, 6) is -0.343. The molecule has 1 atom stereocenters. The third kappa shape index (κ3) is 4.11. The predicted molar refractivity (Wildman–Crippen MR) is 113 cm³/mol. The lowest BCUT2D eigenvalue weighted by atomic mass is 10.0. The first-order valence-electron chi connectivity index (χ1n) is 10.1. The summed E-state index contributed by atoms with van der Waals surface area (Å²) in [6, 6.07) is 11.9. The second-order valence-electron chi connectivity index (χ2n) is 7.84. The molecule has 2 N–H and O–H groups in total. The van der Waals surface area contributed by atoms with Crippen molar-refractivity contribution in [2.24, 2.45) is 0 Å². The minimum atomic E-state index is -3.81. The van der Waals surface area contributed by atoms with Crippen molar-refractivity contribution in [2.45, 2.75) is 50.1 Å². The number of fused-ring (bicyclic) bond motifs is 1. The number of hydrogen-bond acceptors (Lipinski definition) is 4. The van der Waals surface area contributed by atoms with Gasteiger partial charge in [0.05, 0.1) is 4.90 Å². The fourth-order valence-electron chi connectivity index (χ4n) is 3.96. The minimum absolute atomic E-state index is 0.0667. The van der Waals surface area contributed by atoms with Crippen LogP contribution >= 0.6 is 0 Å². The number of hydrogen-bond donors (Lipinski definition) is 2. The standard InChI is InChI=1S/C22H25N3O4S/c1-15-4-6-16(7-5-15)14-23-22(27)20-3-2-12-25(20)30(28,29)18-9-10-19-17(13-18)8-11-21(26)24-19/h4-7,9-10,13,20H,2-3,8,11-12,14H2,1H3,(H,23,27)(H,24,26). The van der Waals surface area contributed by atoms with Gasteiger partial charge in [0, 0.05) is 25.2 Å². The van der Waals surface area contributed by atoms with Gasteiger partial charge >= 0.3 is 0 Å². The Balaban J connectivity index is 1.49. The second kappa shape index (κ2) is 8.20. The van der Waals surface area contributed by atoms with E-state index in [4.69, 9.17) is 0 Å². The highest BCUT2D eigenvalue weighted by molar-refractivity contribution is 7.89. The summed E-state index contributed by atoms with van der Waals surface area (Å²) in [7, 11) is -3.81. The van der Waals surface area contributed by atoms with Gasteiger partial charge in [-0.3, -0.25) is 9.59 Å². The van der Waals surface area contributed by atoms with Crippen LogP contribution in [0.5, 0.6) is 0 Å². The van der Waals surface area contributed by atoms with E-state index in [0.29, 0.717) is 44.5 Å². The first-order chi connectivity index (χ1) is 14.3. The van der Waals surface area contributed by atoms with E-state index in [1.54, 1.807) is 12.1 Å². The largest absolute Gasteiger partial charge is 0.351 e. The van der Waals surface area contributed by atoms with Gasteiger partial charge in [-0.05, 0) is 55.5 Å². The van der Waals surface area contributed by atoms with Crippen molar-refractivity contribution in [3.63, 3.8) is 0 Å². The number of rotatable bonds is 5. The molecule has 2 aliphatic rings. The fourth-order valence-corrected chi connectivity index (χ4v) is 5.67. The van der Waals surface area contributed by atoms with Gasteiger partial charge in [0.15, 0.2) is 0 Å². The molecule has 4 rings (SSSR count). The van der Waals surface area contributed by atoms with Crippen molar-refractivity contribution in [2.75, 3.05) is 11.9 Å². The molecule has 2 aromatic rings. The summed E-state index contributed by atoms with van der Waals surface area (Å²) in [6.07, 6.45) is 1.98. The summed E-state index contributed by atoms with van der Waals surface area (Å²) in [6.45, 7) is 2.68. The molecule has 30 heavy (non-hydrogen) atoms. The Kier molecular flexibility index (Phi) is 5.62. The third-order valence-corrected chi connectivity index (χ3v) is 7.58. The fraction of sp³-hybridized carbons (Fsp3) is 0.364. The molecule has 1 fully saturated rings. The highest BCUT2D eigenvalue weighted by atomic mass is 32.2. The molecule has 2 heterocycles. The molecule has 1 saturated heterocycles. The Labute approximate surface area is 176 Å². The first-order valence-corrected chi connectivity index (χ1v) is 11.6. The molecule has 2 aromatic carbocycles. The number of nitrogens with zero attached hydrogens (tertiary/aromatic N) is 1. The summed E-state index contributed by atoms with van der Waals surface area (Å²) in [5, 5.41) is 5.64. The Bertz CT molecular complexity index is 1080. The first kappa shape index (κ1) is 20.6. The molecular formula is C22H25N3O4S. The van der Waals surface area contributed by atoms with Crippen molar-refractivity contribution in [3.05, 3.63) is 59.2 Å². The smallest absolute Gasteiger partial charge is 0.243 e. The molecule has 0 aromatic heterocycles. The van der Waals surface area contributed by atoms with Crippen LogP contribution in [-0.4, -0.2) is 37.1 Å². The minimum Gasteiger partial charge on any atom is -0.351 e. The molecule has 158 valence electrons. The van der Waals surface area contributed by atoms with Crippen LogP contribution < -0.4 is 10.6 Å². The second-order valence-corrected chi connectivity index (χ2v) is 9.73. The summed E-state index contributed by atoms with van der Waals surface area (Å²) in [4.78, 5) is 24.5. The monoisotopic (exact) mass is 427 g/mol. The number of nitrogens with one attached hydrogen (secondary N) is 2. The predicted octanol–water partition coefficient (Wildman–Crippen LogP) is 2.35. The number of sulfonamides is 1. The van der Waals surface area contributed by atoms with Crippen LogP contribution in [0.1, 0.15) is 36.0 Å². The van der Waals surface area contributed by atoms with Gasteiger partial charge in [0.25, 0.3) is 0 Å². The number of amides is 2. The van der Waals surface area contributed by atoms with Crippen LogP contribution in [0.3, 0.4) is 0 Å². The van der Waals surface area contributed by atoms with Crippen LogP contribution in [0.2, 0.25) is 0 Å². The van der Waals surface area contributed by atoms with Crippen LogP contribution in [0.4, 0.5) is 5.69 Å². The third-order valence-electron chi connectivity index (χ3n) is 5.67. The summed E-state index contributed by atoms with van der Waals surface area (Å²) in [5.41, 5.74) is 3.56. The highest BCUT2D eigenvalue weighted by Crippen LogP contribution is 2.30. The molecule has 1 unspecified atom stereocenters. The highest BCUT2D eigenvalue weighted by Gasteiger charge is 2.39. The van der Waals surface area contributed by atoms with Gasteiger partial charge in [-0.15, -0.1) is 0 Å². The molecule has 2 aliphatic heterocycles. The van der Waals surface area contributed by atoms with Crippen molar-refractivity contribution in [1.82, 2.24) is 9.62 Å². The number of anilines is 1. The maximum Gasteiger partial charge on any atom is 0.243 e. The molecule has 0 aliphatic carbocycles. The van der Waals surface area contributed by atoms with Crippen LogP contribution in [0.15, 0.2) is 47.4 Å². The van der Waals surface area contributed by atoms with Crippen molar-refractivity contribution < 1.29 is 18.0 Å². The van der Waals surface area contributed by atoms with E-state index < -0.39 is 16.1 Å². The Morgan fingerprint density at radius 2 is 1.93 bits per heavy atom. The van der Waals surface area contributed by atoms with Gasteiger partial charge in [-0.2, -0.15) is 4.31 Å². The average molecular weight is 428 g/mol. The van der Waals surface area contributed by atoms with Crippen LogP contribution in [0.25, 0.3) is 0 Å². The molecule has 8 heteroatoms. The lowest BCUT2D eigenvalue weighted by Crippen LogP contribution is -2.45. The normalized spacial score (nSPS) is 19.2. The molecule has 0 radical (unpaired) electrons. The summed E-state index contributed by atoms with van der Waals surface area (Å²) < 4.78 is 27.8. The molecule has 0 saturated carbocycles. The molecule has 2 amide bonds. The lowest BCUT2D eigenvalue weighted by Gasteiger charge is -2.24. The van der Waals surface area contributed by atoms with Crippen LogP contribution in [-0.2, 0) is 32.6 Å². The van der Waals surface area contributed by atoms with Crippen LogP contribution in [0, 0.1) is 6.92 Å². The Hall–Kier alpha value is -2.71. The van der Waals surface area contributed by atoms with E-state index in [-0.39, 0.29) is 16.7 Å². The van der Waals surface area contributed by atoms with Gasteiger partial charge < -0.3 is 10.6 Å². The number of benzene rings is 2. The van der Waals surface area contributed by atoms with Gasteiger partial charge in [-0.1, -0.05) is 29.8 Å². The average Bonchev–Trinajstić information content (AvgIpc) is 3.23. The number of aryl methyl sites for hydroxylation is 2. The van der Waals surface area contributed by atoms with Crippen molar-refractivity contribution in [3.8, 4) is 0 Å².